The SMILES string of the molecule is CC[Si](CC)(C1=CCC(CCCB2C3CCCC2CCC3)=C1)C1c2ccccc2-c2ccccc21. The van der Waals surface area contributed by atoms with Crippen molar-refractivity contribution in [3.05, 3.63) is 82.6 Å². The van der Waals surface area contributed by atoms with E-state index < -0.39 is 8.07 Å². The van der Waals surface area contributed by atoms with Gasteiger partial charge in [-0.2, -0.15) is 0 Å². The normalized spacial score (nSPS) is 23.7. The summed E-state index contributed by atoms with van der Waals surface area (Å²) in [7, 11) is -1.73. The molecule has 0 amide bonds. The Hall–Kier alpha value is -1.80. The van der Waals surface area contributed by atoms with Crippen LogP contribution in [0.1, 0.15) is 88.3 Å². The number of rotatable bonds is 8. The third kappa shape index (κ3) is 4.05. The van der Waals surface area contributed by atoms with Gasteiger partial charge < -0.3 is 0 Å². The molecule has 2 saturated heterocycles. The highest BCUT2D eigenvalue weighted by atomic mass is 28.3. The summed E-state index contributed by atoms with van der Waals surface area (Å²) in [5, 5.41) is 1.77. The molecule has 35 heavy (non-hydrogen) atoms. The number of fused-ring (bicyclic) bond motifs is 5. The summed E-state index contributed by atoms with van der Waals surface area (Å²) >= 11 is 0. The van der Waals surface area contributed by atoms with Gasteiger partial charge >= 0.3 is 0 Å². The summed E-state index contributed by atoms with van der Waals surface area (Å²) in [6, 6.07) is 21.3. The summed E-state index contributed by atoms with van der Waals surface area (Å²) in [6.07, 6.45) is 20.0. The van der Waals surface area contributed by atoms with Crippen LogP contribution in [0.4, 0.5) is 0 Å². The fourth-order valence-corrected chi connectivity index (χ4v) is 14.1. The van der Waals surface area contributed by atoms with Gasteiger partial charge in [0.05, 0.1) is 8.07 Å². The first-order chi connectivity index (χ1) is 17.2. The third-order valence-electron chi connectivity index (χ3n) is 10.7. The maximum absolute atomic E-state index is 2.71. The molecule has 4 aliphatic rings. The van der Waals surface area contributed by atoms with Crippen molar-refractivity contribution in [3.8, 4) is 11.1 Å². The molecule has 0 nitrogen and oxygen atoms in total. The van der Waals surface area contributed by atoms with Crippen molar-refractivity contribution in [2.75, 3.05) is 0 Å². The second kappa shape index (κ2) is 9.93. The minimum absolute atomic E-state index is 0.605. The van der Waals surface area contributed by atoms with E-state index in [2.05, 4.69) is 74.5 Å². The monoisotopic (exact) mass is 478 g/mol. The average molecular weight is 479 g/mol. The van der Waals surface area contributed by atoms with Crippen molar-refractivity contribution in [1.29, 1.82) is 0 Å². The van der Waals surface area contributed by atoms with Crippen LogP contribution in [0.2, 0.25) is 30.0 Å². The topological polar surface area (TPSA) is 0 Å². The summed E-state index contributed by atoms with van der Waals surface area (Å²) in [5.74, 6) is 2.13. The van der Waals surface area contributed by atoms with Crippen LogP contribution in [0.3, 0.4) is 0 Å². The van der Waals surface area contributed by atoms with Crippen molar-refractivity contribution in [2.24, 2.45) is 0 Å². The molecule has 0 saturated carbocycles. The fourth-order valence-electron chi connectivity index (χ4n) is 8.93. The van der Waals surface area contributed by atoms with Crippen LogP contribution in [0, 0.1) is 0 Å². The Labute approximate surface area is 215 Å². The molecule has 6 rings (SSSR count). The molecule has 2 aromatic rings. The highest BCUT2D eigenvalue weighted by Gasteiger charge is 2.47. The number of allylic oxidation sites excluding steroid dienone is 4. The molecule has 2 fully saturated rings. The van der Waals surface area contributed by atoms with Crippen LogP contribution >= 0.6 is 0 Å². The molecule has 0 spiro atoms. The van der Waals surface area contributed by atoms with Gasteiger partial charge in [-0.15, -0.1) is 0 Å². The van der Waals surface area contributed by atoms with Crippen molar-refractivity contribution in [2.45, 2.75) is 107 Å². The minimum atomic E-state index is -1.73. The van der Waals surface area contributed by atoms with Crippen LogP contribution in [0.25, 0.3) is 11.1 Å². The largest absolute Gasteiger partial charge is 0.146 e. The molecular weight excluding hydrogens is 435 g/mol. The number of benzene rings is 2. The van der Waals surface area contributed by atoms with Crippen LogP contribution in [-0.2, 0) is 0 Å². The summed E-state index contributed by atoms with van der Waals surface area (Å²) in [4.78, 5) is 0. The lowest BCUT2D eigenvalue weighted by molar-refractivity contribution is 0.440. The van der Waals surface area contributed by atoms with Crippen molar-refractivity contribution in [1.82, 2.24) is 0 Å². The Balaban J connectivity index is 1.22. The molecule has 2 heteroatoms. The van der Waals surface area contributed by atoms with Crippen LogP contribution in [-0.4, -0.2) is 14.8 Å². The van der Waals surface area contributed by atoms with Gasteiger partial charge in [-0.3, -0.25) is 0 Å². The van der Waals surface area contributed by atoms with E-state index in [9.17, 15) is 0 Å². The molecule has 0 radical (unpaired) electrons. The first-order valence-electron chi connectivity index (χ1n) is 14.8. The lowest BCUT2D eigenvalue weighted by Crippen LogP contribution is -2.42. The second-order valence-corrected chi connectivity index (χ2v) is 17.0. The molecule has 2 heterocycles. The van der Waals surface area contributed by atoms with E-state index in [-0.39, 0.29) is 0 Å². The van der Waals surface area contributed by atoms with Gasteiger partial charge in [-0.05, 0) is 35.1 Å². The lowest BCUT2D eigenvalue weighted by Gasteiger charge is -2.40. The van der Waals surface area contributed by atoms with Crippen molar-refractivity contribution in [3.63, 3.8) is 0 Å². The highest BCUT2D eigenvalue weighted by Crippen LogP contribution is 2.54. The first-order valence-corrected chi connectivity index (χ1v) is 17.3. The second-order valence-electron chi connectivity index (χ2n) is 12.1. The van der Waals surface area contributed by atoms with Gasteiger partial charge in [0, 0.05) is 5.54 Å². The van der Waals surface area contributed by atoms with E-state index in [0.717, 1.165) is 18.3 Å². The Morgan fingerprint density at radius 3 is 1.94 bits per heavy atom. The molecule has 0 atom stereocenters. The van der Waals surface area contributed by atoms with Gasteiger partial charge in [-0.1, -0.05) is 160 Å². The summed E-state index contributed by atoms with van der Waals surface area (Å²) < 4.78 is 0. The summed E-state index contributed by atoms with van der Waals surface area (Å²) in [6.45, 7) is 6.04. The van der Waals surface area contributed by atoms with E-state index in [1.807, 2.05) is 0 Å². The predicted octanol–water partition coefficient (Wildman–Crippen LogP) is 10.0. The molecule has 182 valence electrons. The van der Waals surface area contributed by atoms with E-state index in [1.165, 1.54) is 87.3 Å². The van der Waals surface area contributed by atoms with Gasteiger partial charge in [0.1, 0.15) is 6.71 Å². The zero-order chi connectivity index (χ0) is 23.8. The number of hydrogen-bond donors (Lipinski definition) is 0. The summed E-state index contributed by atoms with van der Waals surface area (Å²) in [5.41, 5.74) is 8.54. The van der Waals surface area contributed by atoms with Gasteiger partial charge in [0.2, 0.25) is 0 Å². The minimum Gasteiger partial charge on any atom is -0.0811 e. The zero-order valence-electron chi connectivity index (χ0n) is 22.1. The number of hydrogen-bond acceptors (Lipinski definition) is 0. The predicted molar refractivity (Wildman–Crippen MR) is 156 cm³/mol. The van der Waals surface area contributed by atoms with Gasteiger partial charge in [0.25, 0.3) is 0 Å². The molecule has 2 bridgehead atoms. The molecule has 2 aliphatic carbocycles. The van der Waals surface area contributed by atoms with Crippen molar-refractivity contribution < 1.29 is 0 Å². The Morgan fingerprint density at radius 2 is 1.37 bits per heavy atom. The Morgan fingerprint density at radius 1 is 0.800 bits per heavy atom. The maximum Gasteiger partial charge on any atom is 0.146 e. The van der Waals surface area contributed by atoms with E-state index in [1.54, 1.807) is 21.9 Å². The lowest BCUT2D eigenvalue weighted by atomic mass is 9.26. The quantitative estimate of drug-likeness (QED) is 0.331. The van der Waals surface area contributed by atoms with E-state index in [0.29, 0.717) is 5.54 Å². The van der Waals surface area contributed by atoms with Crippen LogP contribution in [0.15, 0.2) is 71.5 Å². The molecule has 2 aromatic carbocycles. The molecule has 0 N–H and O–H groups in total. The van der Waals surface area contributed by atoms with E-state index >= 15 is 0 Å². The van der Waals surface area contributed by atoms with Crippen molar-refractivity contribution >= 4 is 14.8 Å². The fraction of sp³-hybridized carbons (Fsp3) is 0.515. The smallest absolute Gasteiger partial charge is 0.0811 e. The molecular formula is C33H43BSi. The zero-order valence-corrected chi connectivity index (χ0v) is 23.1. The molecule has 0 unspecified atom stereocenters. The first kappa shape index (κ1) is 23.6. The van der Waals surface area contributed by atoms with Crippen LogP contribution in [0.5, 0.6) is 0 Å². The van der Waals surface area contributed by atoms with E-state index in [4.69, 9.17) is 0 Å². The molecule has 0 aromatic heterocycles. The standard InChI is InChI=1S/C33H43BSi/c1-3-35(4-2,33-31-19-7-5-17-29(31)30-18-6-8-20-32(30)33)28-22-21-25(24-28)12-11-23-34-26-13-9-14-27(34)16-10-15-26/h5-8,17-20,22,24,26-27,33H,3-4,9-16,21,23H2,1-2H3. The third-order valence-corrected chi connectivity index (χ3v) is 16.5. The Kier molecular flexibility index (Phi) is 6.69. The average Bonchev–Trinajstić information content (AvgIpc) is 3.49. The Bertz CT molecular complexity index is 1060. The van der Waals surface area contributed by atoms with Gasteiger partial charge in [-0.25, -0.2) is 0 Å². The van der Waals surface area contributed by atoms with Crippen LogP contribution < -0.4 is 0 Å². The molecule has 2 aliphatic heterocycles. The highest BCUT2D eigenvalue weighted by molar-refractivity contribution is 6.89. The maximum atomic E-state index is 2.71. The van der Waals surface area contributed by atoms with Gasteiger partial charge in [0.15, 0.2) is 0 Å².